The lowest BCUT2D eigenvalue weighted by atomic mass is 10.0. The molecule has 2 N–H and O–H groups in total. The van der Waals surface area contributed by atoms with E-state index in [2.05, 4.69) is 13.0 Å². The molecule has 1 atom stereocenters. The van der Waals surface area contributed by atoms with Gasteiger partial charge < -0.3 is 10.5 Å². The van der Waals surface area contributed by atoms with Crippen LogP contribution in [0.3, 0.4) is 0 Å². The molecule has 18 heavy (non-hydrogen) atoms. The van der Waals surface area contributed by atoms with Crippen LogP contribution in [0.15, 0.2) is 23.0 Å². The molecule has 2 aromatic rings. The molecule has 4 heteroatoms. The summed E-state index contributed by atoms with van der Waals surface area (Å²) in [6.07, 6.45) is 1.12. The van der Waals surface area contributed by atoms with Crippen molar-refractivity contribution >= 4 is 10.9 Å². The van der Waals surface area contributed by atoms with Crippen LogP contribution in [0.1, 0.15) is 18.1 Å². The number of hydrogen-bond donors (Lipinski definition) is 1. The zero-order valence-corrected chi connectivity index (χ0v) is 10.6. The molecule has 1 unspecified atom stereocenters. The number of fused-ring (bicyclic) bond motifs is 3. The molecular weight excluding hydrogens is 228 g/mol. The molecule has 94 valence electrons. The molecule has 0 spiro atoms. The lowest BCUT2D eigenvalue weighted by Crippen LogP contribution is -2.24. The van der Waals surface area contributed by atoms with Gasteiger partial charge in [0.1, 0.15) is 11.9 Å². The Morgan fingerprint density at radius 1 is 1.50 bits per heavy atom. The van der Waals surface area contributed by atoms with Crippen LogP contribution in [0.2, 0.25) is 0 Å². The lowest BCUT2D eigenvalue weighted by Gasteiger charge is -2.13. The van der Waals surface area contributed by atoms with Crippen LogP contribution < -0.4 is 16.0 Å². The first kappa shape index (κ1) is 11.3. The second kappa shape index (κ2) is 3.85. The molecule has 0 radical (unpaired) electrons. The van der Waals surface area contributed by atoms with E-state index in [1.54, 1.807) is 10.6 Å². The Bertz CT molecular complexity index is 688. The highest BCUT2D eigenvalue weighted by Gasteiger charge is 2.23. The van der Waals surface area contributed by atoms with Gasteiger partial charge in [-0.15, -0.1) is 0 Å². The predicted octanol–water partition coefficient (Wildman–Crippen LogP) is 1.55. The first-order valence-corrected chi connectivity index (χ1v) is 6.14. The molecule has 0 aliphatic carbocycles. The maximum absolute atomic E-state index is 11.8. The summed E-state index contributed by atoms with van der Waals surface area (Å²) in [7, 11) is 0. The van der Waals surface area contributed by atoms with Crippen LogP contribution in [-0.2, 0) is 13.1 Å². The molecule has 2 heterocycles. The molecule has 0 saturated carbocycles. The number of nitrogens with zero attached hydrogens (tertiary/aromatic N) is 1. The number of rotatable bonds is 1. The summed E-state index contributed by atoms with van der Waals surface area (Å²) in [6, 6.07) is 5.50. The second-order valence-electron chi connectivity index (χ2n) is 4.86. The van der Waals surface area contributed by atoms with Gasteiger partial charge in [0.15, 0.2) is 0 Å². The van der Waals surface area contributed by atoms with Crippen molar-refractivity contribution in [2.75, 3.05) is 0 Å². The van der Waals surface area contributed by atoms with E-state index in [1.807, 2.05) is 13.0 Å². The molecule has 1 aliphatic rings. The third kappa shape index (κ3) is 1.46. The molecule has 0 saturated heterocycles. The van der Waals surface area contributed by atoms with Crippen LogP contribution >= 0.6 is 0 Å². The predicted molar refractivity (Wildman–Crippen MR) is 70.9 cm³/mol. The minimum atomic E-state index is -0.0703. The van der Waals surface area contributed by atoms with E-state index in [1.165, 1.54) is 5.56 Å². The quantitative estimate of drug-likeness (QED) is 0.828. The van der Waals surface area contributed by atoms with E-state index >= 15 is 0 Å². The van der Waals surface area contributed by atoms with Gasteiger partial charge in [0.2, 0.25) is 0 Å². The van der Waals surface area contributed by atoms with Crippen LogP contribution in [0.25, 0.3) is 10.9 Å². The third-order valence-corrected chi connectivity index (χ3v) is 3.49. The molecule has 0 fully saturated rings. The van der Waals surface area contributed by atoms with Gasteiger partial charge in [0, 0.05) is 17.9 Å². The van der Waals surface area contributed by atoms with E-state index in [4.69, 9.17) is 10.5 Å². The Morgan fingerprint density at radius 2 is 2.28 bits per heavy atom. The molecule has 4 nitrogen and oxygen atoms in total. The normalized spacial score (nSPS) is 17.8. The lowest BCUT2D eigenvalue weighted by molar-refractivity contribution is 0.257. The van der Waals surface area contributed by atoms with Crippen molar-refractivity contribution in [1.82, 2.24) is 4.57 Å². The summed E-state index contributed by atoms with van der Waals surface area (Å²) in [4.78, 5) is 11.8. The summed E-state index contributed by atoms with van der Waals surface area (Å²) in [5.74, 6) is 0.908. The van der Waals surface area contributed by atoms with Crippen LogP contribution in [0.5, 0.6) is 5.75 Å². The monoisotopic (exact) mass is 244 g/mol. The Balaban J connectivity index is 2.44. The highest BCUT2D eigenvalue weighted by atomic mass is 16.5. The Hall–Kier alpha value is -1.81. The molecule has 1 aromatic heterocycles. The Kier molecular flexibility index (Phi) is 2.41. The van der Waals surface area contributed by atoms with Crippen molar-refractivity contribution in [1.29, 1.82) is 0 Å². The summed E-state index contributed by atoms with van der Waals surface area (Å²) >= 11 is 0. The van der Waals surface area contributed by atoms with Crippen molar-refractivity contribution in [2.45, 2.75) is 33.0 Å². The fourth-order valence-corrected chi connectivity index (χ4v) is 2.78. The maximum atomic E-state index is 11.8. The fourth-order valence-electron chi connectivity index (χ4n) is 2.78. The number of benzene rings is 1. The van der Waals surface area contributed by atoms with Gasteiger partial charge in [-0.25, -0.2) is 0 Å². The first-order chi connectivity index (χ1) is 8.61. The molecule has 1 aromatic carbocycles. The van der Waals surface area contributed by atoms with E-state index in [-0.39, 0.29) is 18.3 Å². The average molecular weight is 244 g/mol. The second-order valence-corrected chi connectivity index (χ2v) is 4.86. The first-order valence-electron chi connectivity index (χ1n) is 6.14. The highest BCUT2D eigenvalue weighted by Crippen LogP contribution is 2.37. The zero-order chi connectivity index (χ0) is 12.9. The SMILES string of the molecule is Cc1cc2c(c3ccc(=O)n(CN)c13)OC(C)C2. The average Bonchev–Trinajstić information content (AvgIpc) is 2.69. The molecule has 0 amide bonds. The van der Waals surface area contributed by atoms with Crippen molar-refractivity contribution in [3.05, 3.63) is 39.7 Å². The smallest absolute Gasteiger partial charge is 0.252 e. The van der Waals surface area contributed by atoms with Gasteiger partial charge in [-0.05, 0) is 31.0 Å². The minimum Gasteiger partial charge on any atom is -0.489 e. The number of aromatic nitrogens is 1. The highest BCUT2D eigenvalue weighted by molar-refractivity contribution is 5.90. The van der Waals surface area contributed by atoms with Crippen molar-refractivity contribution in [3.63, 3.8) is 0 Å². The van der Waals surface area contributed by atoms with E-state index in [0.29, 0.717) is 0 Å². The van der Waals surface area contributed by atoms with Crippen LogP contribution in [0.4, 0.5) is 0 Å². The van der Waals surface area contributed by atoms with Gasteiger partial charge >= 0.3 is 0 Å². The Labute approximate surface area is 105 Å². The largest absolute Gasteiger partial charge is 0.489 e. The third-order valence-electron chi connectivity index (χ3n) is 3.49. The molecule has 1 aliphatic heterocycles. The fraction of sp³-hybridized carbons (Fsp3) is 0.357. The number of pyridine rings is 1. The van der Waals surface area contributed by atoms with Crippen LogP contribution in [0, 0.1) is 6.92 Å². The number of aryl methyl sites for hydroxylation is 1. The summed E-state index contributed by atoms with van der Waals surface area (Å²) in [5.41, 5.74) is 8.79. The van der Waals surface area contributed by atoms with Gasteiger partial charge in [0.25, 0.3) is 5.56 Å². The van der Waals surface area contributed by atoms with E-state index in [9.17, 15) is 4.79 Å². The number of nitrogens with two attached hydrogens (primary N) is 1. The number of hydrogen-bond acceptors (Lipinski definition) is 3. The van der Waals surface area contributed by atoms with Crippen molar-refractivity contribution in [2.24, 2.45) is 5.73 Å². The molecule has 0 bridgehead atoms. The standard InChI is InChI=1S/C14H16N2O2/c1-8-5-10-6-9(2)18-14(10)11-3-4-12(17)16(7-15)13(8)11/h3-5,9H,6-7,15H2,1-2H3. The van der Waals surface area contributed by atoms with Crippen molar-refractivity contribution in [3.8, 4) is 5.75 Å². The molecular formula is C14H16N2O2. The number of ether oxygens (including phenoxy) is 1. The zero-order valence-electron chi connectivity index (χ0n) is 10.6. The minimum absolute atomic E-state index is 0.0703. The van der Waals surface area contributed by atoms with Gasteiger partial charge in [0.05, 0.1) is 12.2 Å². The topological polar surface area (TPSA) is 57.2 Å². The summed E-state index contributed by atoms with van der Waals surface area (Å²) in [6.45, 7) is 4.25. The van der Waals surface area contributed by atoms with E-state index in [0.717, 1.165) is 28.6 Å². The van der Waals surface area contributed by atoms with Gasteiger partial charge in [-0.1, -0.05) is 6.07 Å². The van der Waals surface area contributed by atoms with E-state index < -0.39 is 0 Å². The summed E-state index contributed by atoms with van der Waals surface area (Å²) in [5, 5.41) is 0.986. The van der Waals surface area contributed by atoms with Gasteiger partial charge in [-0.3, -0.25) is 9.36 Å². The maximum Gasteiger partial charge on any atom is 0.252 e. The van der Waals surface area contributed by atoms with Gasteiger partial charge in [-0.2, -0.15) is 0 Å². The Morgan fingerprint density at radius 3 is 3.00 bits per heavy atom. The molecule has 3 rings (SSSR count). The van der Waals surface area contributed by atoms with Crippen LogP contribution in [-0.4, -0.2) is 10.7 Å². The van der Waals surface area contributed by atoms with Crippen molar-refractivity contribution < 1.29 is 4.74 Å². The summed E-state index contributed by atoms with van der Waals surface area (Å²) < 4.78 is 7.45.